The van der Waals surface area contributed by atoms with Crippen molar-refractivity contribution in [2.24, 2.45) is 0 Å². The Labute approximate surface area is 74.0 Å². The third-order valence-electron chi connectivity index (χ3n) is 1.75. The van der Waals surface area contributed by atoms with Gasteiger partial charge in [-0.05, 0) is 12.1 Å². The van der Waals surface area contributed by atoms with Gasteiger partial charge in [0.1, 0.15) is 0 Å². The quantitative estimate of drug-likeness (QED) is 0.489. The van der Waals surface area contributed by atoms with E-state index in [1.807, 2.05) is 6.07 Å². The van der Waals surface area contributed by atoms with Crippen LogP contribution in [0.1, 0.15) is 0 Å². The van der Waals surface area contributed by atoms with E-state index in [1.165, 1.54) is 12.1 Å². The van der Waals surface area contributed by atoms with Gasteiger partial charge in [0.25, 0.3) is 5.69 Å². The van der Waals surface area contributed by atoms with E-state index in [1.54, 1.807) is 12.1 Å². The van der Waals surface area contributed by atoms with Gasteiger partial charge in [-0.25, -0.2) is 4.98 Å². The molecule has 0 bridgehead atoms. The van der Waals surface area contributed by atoms with Gasteiger partial charge in [0, 0.05) is 17.5 Å². The first kappa shape index (κ1) is 7.67. The number of benzene rings is 1. The molecule has 13 heavy (non-hydrogen) atoms. The Morgan fingerprint density at radius 2 is 2.23 bits per heavy atom. The topological polar surface area (TPSA) is 56.0 Å². The lowest BCUT2D eigenvalue weighted by Crippen LogP contribution is -1.87. The largest absolute Gasteiger partial charge is 0.271 e. The summed E-state index contributed by atoms with van der Waals surface area (Å²) in [4.78, 5) is 13.9. The van der Waals surface area contributed by atoms with Crippen LogP contribution in [0.2, 0.25) is 0 Å². The Kier molecular flexibility index (Phi) is 1.66. The first-order valence-corrected chi connectivity index (χ1v) is 3.68. The van der Waals surface area contributed by atoms with Gasteiger partial charge in [0.05, 0.1) is 16.6 Å². The van der Waals surface area contributed by atoms with Gasteiger partial charge in [-0.2, -0.15) is 0 Å². The van der Waals surface area contributed by atoms with Crippen LogP contribution in [0.3, 0.4) is 0 Å². The number of nitro benzene ring substituents is 1. The molecule has 4 heteroatoms. The fraction of sp³-hybridized carbons (Fsp3) is 0. The van der Waals surface area contributed by atoms with Crippen molar-refractivity contribution < 1.29 is 4.92 Å². The van der Waals surface area contributed by atoms with Gasteiger partial charge in [-0.15, -0.1) is 0 Å². The summed E-state index contributed by atoms with van der Waals surface area (Å²) < 4.78 is 0. The summed E-state index contributed by atoms with van der Waals surface area (Å²) in [6, 6.07) is 8.06. The van der Waals surface area contributed by atoms with Crippen molar-refractivity contribution in [3.05, 3.63) is 46.6 Å². The Balaban J connectivity index is 2.69. The Morgan fingerprint density at radius 1 is 1.38 bits per heavy atom. The molecular weight excluding hydrogens is 168 g/mol. The smallest absolute Gasteiger partial charge is 0.258 e. The van der Waals surface area contributed by atoms with Crippen LogP contribution in [0, 0.1) is 16.3 Å². The number of rotatable bonds is 1. The second-order valence-electron chi connectivity index (χ2n) is 2.57. The van der Waals surface area contributed by atoms with E-state index in [2.05, 4.69) is 11.2 Å². The average molecular weight is 173 g/mol. The van der Waals surface area contributed by atoms with Crippen LogP contribution in [0.25, 0.3) is 10.9 Å². The van der Waals surface area contributed by atoms with Crippen LogP contribution in [-0.4, -0.2) is 9.91 Å². The SMILES string of the molecule is O=[N+]([O-])c1ccc2cc[c]nc2c1. The van der Waals surface area contributed by atoms with Gasteiger partial charge < -0.3 is 0 Å². The van der Waals surface area contributed by atoms with E-state index in [-0.39, 0.29) is 5.69 Å². The van der Waals surface area contributed by atoms with Crippen molar-refractivity contribution in [1.82, 2.24) is 4.98 Å². The number of nitrogens with zero attached hydrogens (tertiary/aromatic N) is 2. The highest BCUT2D eigenvalue weighted by molar-refractivity contribution is 5.80. The van der Waals surface area contributed by atoms with E-state index >= 15 is 0 Å². The average Bonchev–Trinajstić information content (AvgIpc) is 2.17. The van der Waals surface area contributed by atoms with Crippen molar-refractivity contribution >= 4 is 16.6 Å². The predicted molar refractivity (Wildman–Crippen MR) is 47.2 cm³/mol. The molecule has 0 aliphatic rings. The van der Waals surface area contributed by atoms with Gasteiger partial charge in [-0.1, -0.05) is 6.07 Å². The standard InChI is InChI=1S/C9H5N2O2/c12-11(13)8-4-3-7-2-1-5-10-9(7)6-8/h1-4,6H. The highest BCUT2D eigenvalue weighted by atomic mass is 16.6. The van der Waals surface area contributed by atoms with Crippen molar-refractivity contribution in [3.63, 3.8) is 0 Å². The molecule has 1 heterocycles. The van der Waals surface area contributed by atoms with E-state index in [0.717, 1.165) is 5.39 Å². The molecule has 0 aliphatic carbocycles. The fourth-order valence-electron chi connectivity index (χ4n) is 1.12. The van der Waals surface area contributed by atoms with Crippen LogP contribution >= 0.6 is 0 Å². The third-order valence-corrected chi connectivity index (χ3v) is 1.75. The summed E-state index contributed by atoms with van der Waals surface area (Å²) in [5.41, 5.74) is 0.649. The molecule has 4 nitrogen and oxygen atoms in total. The molecule has 1 aromatic heterocycles. The number of hydrogen-bond acceptors (Lipinski definition) is 3. The summed E-state index contributed by atoms with van der Waals surface area (Å²) in [6.45, 7) is 0. The lowest BCUT2D eigenvalue weighted by molar-refractivity contribution is -0.384. The molecule has 0 aliphatic heterocycles. The van der Waals surface area contributed by atoms with Crippen LogP contribution in [0.15, 0.2) is 30.3 Å². The molecule has 2 rings (SSSR count). The van der Waals surface area contributed by atoms with Crippen molar-refractivity contribution in [1.29, 1.82) is 0 Å². The van der Waals surface area contributed by atoms with Crippen LogP contribution in [0.5, 0.6) is 0 Å². The monoisotopic (exact) mass is 173 g/mol. The molecule has 0 fully saturated rings. The Bertz CT molecular complexity index is 468. The molecule has 1 aromatic carbocycles. The molecule has 1 radical (unpaired) electrons. The molecule has 63 valence electrons. The number of hydrogen-bond donors (Lipinski definition) is 0. The zero-order valence-corrected chi connectivity index (χ0v) is 6.60. The van der Waals surface area contributed by atoms with Gasteiger partial charge in [-0.3, -0.25) is 10.1 Å². The maximum Gasteiger partial charge on any atom is 0.271 e. The van der Waals surface area contributed by atoms with Crippen molar-refractivity contribution in [2.75, 3.05) is 0 Å². The third kappa shape index (κ3) is 1.33. The first-order chi connectivity index (χ1) is 6.27. The van der Waals surface area contributed by atoms with Crippen LogP contribution in [0.4, 0.5) is 5.69 Å². The molecule has 2 aromatic rings. The normalized spacial score (nSPS) is 10.2. The van der Waals surface area contributed by atoms with E-state index < -0.39 is 4.92 Å². The van der Waals surface area contributed by atoms with Crippen molar-refractivity contribution in [2.45, 2.75) is 0 Å². The second-order valence-corrected chi connectivity index (χ2v) is 2.57. The number of pyridine rings is 1. The lowest BCUT2D eigenvalue weighted by Gasteiger charge is -1.94. The molecular formula is C9H5N2O2. The lowest BCUT2D eigenvalue weighted by atomic mass is 10.2. The summed E-state index contributed by atoms with van der Waals surface area (Å²) in [6.07, 6.45) is 2.63. The first-order valence-electron chi connectivity index (χ1n) is 3.68. The number of non-ortho nitro benzene ring substituents is 1. The minimum absolute atomic E-state index is 0.0552. The maximum absolute atomic E-state index is 10.4. The molecule has 0 N–H and O–H groups in total. The minimum atomic E-state index is -0.436. The zero-order valence-electron chi connectivity index (χ0n) is 6.60. The molecule has 0 spiro atoms. The Morgan fingerprint density at radius 3 is 3.00 bits per heavy atom. The number of fused-ring (bicyclic) bond motifs is 1. The van der Waals surface area contributed by atoms with E-state index in [0.29, 0.717) is 5.52 Å². The summed E-state index contributed by atoms with van der Waals surface area (Å²) in [5, 5.41) is 11.3. The second kappa shape index (κ2) is 2.82. The van der Waals surface area contributed by atoms with Crippen LogP contribution in [-0.2, 0) is 0 Å². The zero-order chi connectivity index (χ0) is 9.26. The molecule has 0 amide bonds. The predicted octanol–water partition coefficient (Wildman–Crippen LogP) is 1.94. The molecule has 0 atom stereocenters. The molecule has 0 unspecified atom stereocenters. The number of aromatic nitrogens is 1. The highest BCUT2D eigenvalue weighted by Crippen LogP contribution is 2.17. The minimum Gasteiger partial charge on any atom is -0.258 e. The van der Waals surface area contributed by atoms with Crippen molar-refractivity contribution in [3.8, 4) is 0 Å². The van der Waals surface area contributed by atoms with Gasteiger partial charge in [0.15, 0.2) is 0 Å². The summed E-state index contributed by atoms with van der Waals surface area (Å²) in [5.74, 6) is 0. The summed E-state index contributed by atoms with van der Waals surface area (Å²) >= 11 is 0. The van der Waals surface area contributed by atoms with E-state index in [9.17, 15) is 10.1 Å². The molecule has 0 saturated heterocycles. The maximum atomic E-state index is 10.4. The summed E-state index contributed by atoms with van der Waals surface area (Å²) in [7, 11) is 0. The number of nitro groups is 1. The van der Waals surface area contributed by atoms with Gasteiger partial charge in [0.2, 0.25) is 0 Å². The van der Waals surface area contributed by atoms with E-state index in [4.69, 9.17) is 0 Å². The van der Waals surface area contributed by atoms with Gasteiger partial charge >= 0.3 is 0 Å². The fourth-order valence-corrected chi connectivity index (χ4v) is 1.12. The highest BCUT2D eigenvalue weighted by Gasteiger charge is 2.05. The Hall–Kier alpha value is -1.97. The van der Waals surface area contributed by atoms with Crippen LogP contribution < -0.4 is 0 Å². The molecule has 0 saturated carbocycles.